The van der Waals surface area contributed by atoms with E-state index in [0.29, 0.717) is 11.8 Å². The Kier molecular flexibility index (Phi) is 5.69. The molecule has 0 radical (unpaired) electrons. The van der Waals surface area contributed by atoms with E-state index in [0.717, 1.165) is 0 Å². The van der Waals surface area contributed by atoms with Gasteiger partial charge in [-0.15, -0.1) is 23.5 Å². The SMILES string of the molecule is COC(OC)[C@@H]1CCC[C@H]1C1(OC)SCCCS1. The van der Waals surface area contributed by atoms with Crippen molar-refractivity contribution in [1.29, 1.82) is 0 Å². The molecule has 5 heteroatoms. The van der Waals surface area contributed by atoms with Gasteiger partial charge in [-0.05, 0) is 30.8 Å². The molecular weight excluding hydrogens is 268 g/mol. The molecule has 1 heterocycles. The lowest BCUT2D eigenvalue weighted by molar-refractivity contribution is -0.152. The lowest BCUT2D eigenvalue weighted by Gasteiger charge is -2.43. The van der Waals surface area contributed by atoms with E-state index in [4.69, 9.17) is 14.2 Å². The summed E-state index contributed by atoms with van der Waals surface area (Å²) < 4.78 is 16.9. The molecule has 1 aliphatic heterocycles. The van der Waals surface area contributed by atoms with Gasteiger partial charge in [0.25, 0.3) is 0 Å². The second-order valence-electron chi connectivity index (χ2n) is 4.90. The summed E-state index contributed by atoms with van der Waals surface area (Å²) in [7, 11) is 5.34. The van der Waals surface area contributed by atoms with Crippen LogP contribution in [0.1, 0.15) is 25.7 Å². The predicted molar refractivity (Wildman–Crippen MR) is 77.9 cm³/mol. The molecule has 3 nitrogen and oxygen atoms in total. The Balaban J connectivity index is 2.13. The van der Waals surface area contributed by atoms with Gasteiger partial charge in [-0.2, -0.15) is 0 Å². The second kappa shape index (κ2) is 6.84. The second-order valence-corrected chi connectivity index (χ2v) is 7.76. The molecule has 0 bridgehead atoms. The molecule has 0 aromatic rings. The summed E-state index contributed by atoms with van der Waals surface area (Å²) in [5, 5.41) is 0. The lowest BCUT2D eigenvalue weighted by Crippen LogP contribution is -2.42. The molecule has 2 aliphatic rings. The van der Waals surface area contributed by atoms with E-state index in [1.807, 2.05) is 30.6 Å². The van der Waals surface area contributed by atoms with Crippen molar-refractivity contribution < 1.29 is 14.2 Å². The van der Waals surface area contributed by atoms with Crippen LogP contribution < -0.4 is 0 Å². The van der Waals surface area contributed by atoms with Crippen LogP contribution >= 0.6 is 23.5 Å². The zero-order valence-electron chi connectivity index (χ0n) is 11.5. The van der Waals surface area contributed by atoms with Gasteiger partial charge in [0.1, 0.15) is 0 Å². The largest absolute Gasteiger partial charge is 0.358 e. The maximum absolute atomic E-state index is 5.95. The molecule has 106 valence electrons. The van der Waals surface area contributed by atoms with Gasteiger partial charge >= 0.3 is 0 Å². The van der Waals surface area contributed by atoms with Crippen LogP contribution in [0.4, 0.5) is 0 Å². The van der Waals surface area contributed by atoms with Gasteiger partial charge in [0.2, 0.25) is 0 Å². The predicted octanol–water partition coefficient (Wildman–Crippen LogP) is 3.19. The molecule has 0 unspecified atom stereocenters. The highest BCUT2D eigenvalue weighted by Crippen LogP contribution is 2.55. The van der Waals surface area contributed by atoms with Gasteiger partial charge in [-0.25, -0.2) is 0 Å². The zero-order chi connectivity index (χ0) is 13.0. The van der Waals surface area contributed by atoms with Crippen LogP contribution in [0.25, 0.3) is 0 Å². The Morgan fingerprint density at radius 3 is 2.22 bits per heavy atom. The third-order valence-electron chi connectivity index (χ3n) is 4.02. The topological polar surface area (TPSA) is 27.7 Å². The minimum absolute atomic E-state index is 0.0747. The van der Waals surface area contributed by atoms with Crippen molar-refractivity contribution in [1.82, 2.24) is 0 Å². The Labute approximate surface area is 119 Å². The highest BCUT2D eigenvalue weighted by molar-refractivity contribution is 8.18. The van der Waals surface area contributed by atoms with Crippen molar-refractivity contribution in [2.75, 3.05) is 32.8 Å². The molecule has 2 fully saturated rings. The number of rotatable bonds is 5. The van der Waals surface area contributed by atoms with Crippen LogP contribution in [-0.2, 0) is 14.2 Å². The van der Waals surface area contributed by atoms with Crippen LogP contribution in [0, 0.1) is 11.8 Å². The number of methoxy groups -OCH3 is 3. The van der Waals surface area contributed by atoms with Crippen LogP contribution in [0.5, 0.6) is 0 Å². The molecule has 0 aromatic heterocycles. The average Bonchev–Trinajstić information content (AvgIpc) is 2.91. The van der Waals surface area contributed by atoms with Crippen molar-refractivity contribution in [3.05, 3.63) is 0 Å². The molecule has 0 amide bonds. The Morgan fingerprint density at radius 2 is 1.67 bits per heavy atom. The molecule has 18 heavy (non-hydrogen) atoms. The average molecular weight is 292 g/mol. The van der Waals surface area contributed by atoms with E-state index in [9.17, 15) is 0 Å². The fraction of sp³-hybridized carbons (Fsp3) is 1.00. The molecule has 1 saturated heterocycles. The van der Waals surface area contributed by atoms with Gasteiger partial charge in [0.15, 0.2) is 10.6 Å². The minimum atomic E-state index is -0.0901. The van der Waals surface area contributed by atoms with Crippen molar-refractivity contribution in [2.45, 2.75) is 36.2 Å². The molecule has 2 rings (SSSR count). The molecule has 2 atom stereocenters. The molecule has 1 saturated carbocycles. The van der Waals surface area contributed by atoms with Gasteiger partial charge in [0, 0.05) is 33.2 Å². The van der Waals surface area contributed by atoms with E-state index in [1.54, 1.807) is 14.2 Å². The first-order chi connectivity index (χ1) is 8.77. The monoisotopic (exact) mass is 292 g/mol. The quantitative estimate of drug-likeness (QED) is 0.726. The number of hydrogen-bond donors (Lipinski definition) is 0. The number of ether oxygens (including phenoxy) is 3. The van der Waals surface area contributed by atoms with Crippen molar-refractivity contribution in [2.24, 2.45) is 11.8 Å². The van der Waals surface area contributed by atoms with Crippen LogP contribution in [-0.4, -0.2) is 43.4 Å². The third-order valence-corrected chi connectivity index (χ3v) is 7.45. The van der Waals surface area contributed by atoms with E-state index >= 15 is 0 Å². The van der Waals surface area contributed by atoms with Gasteiger partial charge in [-0.3, -0.25) is 0 Å². The van der Waals surface area contributed by atoms with E-state index in [-0.39, 0.29) is 10.6 Å². The normalized spacial score (nSPS) is 32.0. The lowest BCUT2D eigenvalue weighted by atomic mass is 9.95. The highest BCUT2D eigenvalue weighted by atomic mass is 32.2. The van der Waals surface area contributed by atoms with E-state index in [2.05, 4.69) is 0 Å². The van der Waals surface area contributed by atoms with Crippen molar-refractivity contribution >= 4 is 23.5 Å². The Bertz CT molecular complexity index is 253. The minimum Gasteiger partial charge on any atom is -0.358 e. The van der Waals surface area contributed by atoms with Crippen molar-refractivity contribution in [3.63, 3.8) is 0 Å². The molecule has 0 aromatic carbocycles. The summed E-state index contributed by atoms with van der Waals surface area (Å²) in [5.41, 5.74) is 0. The summed E-state index contributed by atoms with van der Waals surface area (Å²) in [6, 6.07) is 0. The maximum atomic E-state index is 5.95. The van der Waals surface area contributed by atoms with Gasteiger partial charge < -0.3 is 14.2 Å². The molecule has 1 aliphatic carbocycles. The summed E-state index contributed by atoms with van der Waals surface area (Å²) >= 11 is 3.96. The van der Waals surface area contributed by atoms with Gasteiger partial charge in [0.05, 0.1) is 0 Å². The van der Waals surface area contributed by atoms with Crippen molar-refractivity contribution in [3.8, 4) is 0 Å². The summed E-state index contributed by atoms with van der Waals surface area (Å²) in [4.78, 5) is 0. The Hall–Kier alpha value is 0.580. The molecule has 0 spiro atoms. The first-order valence-corrected chi connectivity index (χ1v) is 8.63. The van der Waals surface area contributed by atoms with Crippen LogP contribution in [0.2, 0.25) is 0 Å². The number of thioether (sulfide) groups is 2. The Morgan fingerprint density at radius 1 is 1.00 bits per heavy atom. The van der Waals surface area contributed by atoms with E-state index < -0.39 is 0 Å². The standard InChI is InChI=1S/C13H24O3S2/c1-14-12(15-2)10-6-4-7-11(10)13(16-3)17-8-5-9-18-13/h10-12H,4-9H2,1-3H3/t10-,11-/m1/s1. The molecule has 0 N–H and O–H groups in total. The third kappa shape index (κ3) is 2.85. The first kappa shape index (κ1) is 15.0. The summed E-state index contributed by atoms with van der Waals surface area (Å²) in [5.74, 6) is 3.39. The van der Waals surface area contributed by atoms with Gasteiger partial charge in [-0.1, -0.05) is 6.42 Å². The highest BCUT2D eigenvalue weighted by Gasteiger charge is 2.50. The summed E-state index contributed by atoms with van der Waals surface area (Å²) in [6.07, 6.45) is 4.86. The van der Waals surface area contributed by atoms with Crippen LogP contribution in [0.15, 0.2) is 0 Å². The fourth-order valence-electron chi connectivity index (χ4n) is 3.21. The summed E-state index contributed by atoms with van der Waals surface area (Å²) in [6.45, 7) is 0. The smallest absolute Gasteiger partial charge is 0.163 e. The van der Waals surface area contributed by atoms with E-state index in [1.165, 1.54) is 37.2 Å². The fourth-order valence-corrected chi connectivity index (χ4v) is 6.62. The first-order valence-electron chi connectivity index (χ1n) is 6.66. The molecular formula is C13H24O3S2. The van der Waals surface area contributed by atoms with Crippen LogP contribution in [0.3, 0.4) is 0 Å². The number of hydrogen-bond acceptors (Lipinski definition) is 5. The maximum Gasteiger partial charge on any atom is 0.163 e. The zero-order valence-corrected chi connectivity index (χ0v) is 13.1.